The Morgan fingerprint density at radius 3 is 2.61 bits per heavy atom. The predicted molar refractivity (Wildman–Crippen MR) is 81.2 cm³/mol. The van der Waals surface area contributed by atoms with Gasteiger partial charge in [-0.1, -0.05) is 0 Å². The largest absolute Gasteiger partial charge is 0.477 e. The molecule has 2 heterocycles. The monoisotopic (exact) mass is 312 g/mol. The van der Waals surface area contributed by atoms with Crippen LogP contribution in [0.2, 0.25) is 0 Å². The van der Waals surface area contributed by atoms with Gasteiger partial charge >= 0.3 is 5.97 Å². The second-order valence-electron chi connectivity index (χ2n) is 5.46. The fourth-order valence-corrected chi connectivity index (χ4v) is 2.16. The molecule has 118 valence electrons. The molecular formula is C16H16N4O3. The highest BCUT2D eigenvalue weighted by Gasteiger charge is 2.26. The van der Waals surface area contributed by atoms with Gasteiger partial charge in [0.15, 0.2) is 0 Å². The van der Waals surface area contributed by atoms with Crippen molar-refractivity contribution in [3.63, 3.8) is 0 Å². The minimum absolute atomic E-state index is 0.151. The third-order valence-electron chi connectivity index (χ3n) is 3.61. The molecule has 2 aromatic rings. The molecule has 0 saturated heterocycles. The maximum Gasteiger partial charge on any atom is 0.354 e. The number of carbonyl (C=O) groups is 2. The molecule has 2 N–H and O–H groups in total. The highest BCUT2D eigenvalue weighted by atomic mass is 16.4. The number of aromatic carboxylic acids is 1. The summed E-state index contributed by atoms with van der Waals surface area (Å²) < 4.78 is 0. The smallest absolute Gasteiger partial charge is 0.354 e. The summed E-state index contributed by atoms with van der Waals surface area (Å²) in [5, 5.41) is 11.6. The van der Waals surface area contributed by atoms with Crippen molar-refractivity contribution < 1.29 is 14.7 Å². The van der Waals surface area contributed by atoms with Crippen LogP contribution in [0.1, 0.15) is 51.0 Å². The van der Waals surface area contributed by atoms with Crippen molar-refractivity contribution in [2.75, 3.05) is 6.54 Å². The predicted octanol–water partition coefficient (Wildman–Crippen LogP) is 1.42. The second kappa shape index (κ2) is 6.51. The lowest BCUT2D eigenvalue weighted by Gasteiger charge is -2.06. The van der Waals surface area contributed by atoms with Crippen molar-refractivity contribution in [1.82, 2.24) is 20.3 Å². The molecule has 23 heavy (non-hydrogen) atoms. The molecule has 3 rings (SSSR count). The molecule has 2 aromatic heterocycles. The first-order valence-electron chi connectivity index (χ1n) is 7.42. The van der Waals surface area contributed by atoms with E-state index < -0.39 is 5.97 Å². The van der Waals surface area contributed by atoms with Crippen molar-refractivity contribution in [2.24, 2.45) is 0 Å². The van der Waals surface area contributed by atoms with Gasteiger partial charge < -0.3 is 10.4 Å². The van der Waals surface area contributed by atoms with Gasteiger partial charge in [-0.05, 0) is 37.0 Å². The molecule has 7 heteroatoms. The van der Waals surface area contributed by atoms with E-state index >= 15 is 0 Å². The van der Waals surface area contributed by atoms with Gasteiger partial charge in [0.1, 0.15) is 11.5 Å². The number of amides is 1. The molecule has 0 unspecified atom stereocenters. The van der Waals surface area contributed by atoms with E-state index in [1.165, 1.54) is 31.2 Å². The highest BCUT2D eigenvalue weighted by molar-refractivity contribution is 5.96. The Hall–Kier alpha value is -2.83. The zero-order valence-corrected chi connectivity index (χ0v) is 12.4. The molecule has 1 fully saturated rings. The Morgan fingerprint density at radius 2 is 1.96 bits per heavy atom. The lowest BCUT2D eigenvalue weighted by Crippen LogP contribution is -2.26. The number of carbonyl (C=O) groups excluding carboxylic acids is 1. The van der Waals surface area contributed by atoms with Crippen LogP contribution >= 0.6 is 0 Å². The maximum atomic E-state index is 12.0. The van der Waals surface area contributed by atoms with E-state index in [1.807, 2.05) is 0 Å². The van der Waals surface area contributed by atoms with Gasteiger partial charge in [0.05, 0.1) is 0 Å². The summed E-state index contributed by atoms with van der Waals surface area (Å²) in [7, 11) is 0. The number of carboxylic acids is 1. The van der Waals surface area contributed by atoms with E-state index in [-0.39, 0.29) is 17.2 Å². The average molecular weight is 312 g/mol. The number of pyridine rings is 1. The van der Waals surface area contributed by atoms with Gasteiger partial charge in [0.25, 0.3) is 5.91 Å². The number of aromatic nitrogens is 3. The molecule has 0 aromatic carbocycles. The van der Waals surface area contributed by atoms with Gasteiger partial charge in [-0.25, -0.2) is 19.7 Å². The molecule has 1 amide bonds. The van der Waals surface area contributed by atoms with Crippen LogP contribution in [0.25, 0.3) is 0 Å². The standard InChI is InChI=1S/C16H16N4O3/c21-15(12-4-6-17-13(7-12)16(22)23)18-5-3-10-8-19-14(20-9-10)11-1-2-11/h4,6-9,11H,1-3,5H2,(H,18,21)(H,22,23). The van der Waals surface area contributed by atoms with Crippen molar-refractivity contribution in [2.45, 2.75) is 25.2 Å². The van der Waals surface area contributed by atoms with Crippen LogP contribution in [0.4, 0.5) is 0 Å². The van der Waals surface area contributed by atoms with Crippen molar-refractivity contribution in [3.8, 4) is 0 Å². The topological polar surface area (TPSA) is 105 Å². The third-order valence-corrected chi connectivity index (χ3v) is 3.61. The van der Waals surface area contributed by atoms with Gasteiger partial charge in [-0.2, -0.15) is 0 Å². The summed E-state index contributed by atoms with van der Waals surface area (Å²) in [5.41, 5.74) is 1.08. The first kappa shape index (κ1) is 15.1. The fraction of sp³-hybridized carbons (Fsp3) is 0.312. The summed E-state index contributed by atoms with van der Waals surface area (Å²) in [5.74, 6) is -0.0624. The van der Waals surface area contributed by atoms with Crippen LogP contribution in [0.5, 0.6) is 0 Å². The van der Waals surface area contributed by atoms with E-state index in [1.54, 1.807) is 12.4 Å². The quantitative estimate of drug-likeness (QED) is 0.835. The average Bonchev–Trinajstić information content (AvgIpc) is 3.40. The number of carboxylic acid groups (broad SMARTS) is 1. The summed E-state index contributed by atoms with van der Waals surface area (Å²) in [6, 6.07) is 2.74. The van der Waals surface area contributed by atoms with Crippen molar-refractivity contribution in [3.05, 3.63) is 53.4 Å². The number of hydrogen-bond donors (Lipinski definition) is 2. The van der Waals surface area contributed by atoms with Crippen LogP contribution in [0.15, 0.2) is 30.7 Å². The van der Waals surface area contributed by atoms with Gasteiger partial charge in [0.2, 0.25) is 0 Å². The minimum Gasteiger partial charge on any atom is -0.477 e. The second-order valence-corrected chi connectivity index (χ2v) is 5.46. The molecule has 1 aliphatic carbocycles. The number of nitrogens with zero attached hydrogens (tertiary/aromatic N) is 3. The number of rotatable bonds is 6. The summed E-state index contributed by atoms with van der Waals surface area (Å²) in [6.45, 7) is 0.426. The first-order valence-corrected chi connectivity index (χ1v) is 7.42. The SMILES string of the molecule is O=C(NCCc1cnc(C2CC2)nc1)c1ccnc(C(=O)O)c1. The van der Waals surface area contributed by atoms with Crippen LogP contribution in [-0.2, 0) is 6.42 Å². The van der Waals surface area contributed by atoms with Crippen LogP contribution in [0, 0.1) is 0 Å². The zero-order valence-electron chi connectivity index (χ0n) is 12.4. The van der Waals surface area contributed by atoms with Crippen LogP contribution in [0.3, 0.4) is 0 Å². The Balaban J connectivity index is 1.52. The number of nitrogens with one attached hydrogen (secondary N) is 1. The molecule has 0 aliphatic heterocycles. The Bertz CT molecular complexity index is 726. The maximum absolute atomic E-state index is 12.0. The van der Waals surface area contributed by atoms with Crippen LogP contribution < -0.4 is 5.32 Å². The molecule has 0 radical (unpaired) electrons. The van der Waals surface area contributed by atoms with E-state index in [0.29, 0.717) is 18.9 Å². The molecule has 0 spiro atoms. The minimum atomic E-state index is -1.16. The van der Waals surface area contributed by atoms with Crippen molar-refractivity contribution in [1.29, 1.82) is 0 Å². The zero-order chi connectivity index (χ0) is 16.2. The normalized spacial score (nSPS) is 13.6. The fourth-order valence-electron chi connectivity index (χ4n) is 2.16. The molecule has 0 atom stereocenters. The van der Waals surface area contributed by atoms with Gasteiger partial charge in [0, 0.05) is 36.6 Å². The molecular weight excluding hydrogens is 296 g/mol. The van der Waals surface area contributed by atoms with E-state index in [0.717, 1.165) is 11.4 Å². The van der Waals surface area contributed by atoms with Crippen molar-refractivity contribution >= 4 is 11.9 Å². The first-order chi connectivity index (χ1) is 11.1. The summed E-state index contributed by atoms with van der Waals surface area (Å²) >= 11 is 0. The Kier molecular flexibility index (Phi) is 4.27. The molecule has 7 nitrogen and oxygen atoms in total. The lowest BCUT2D eigenvalue weighted by atomic mass is 10.2. The lowest BCUT2D eigenvalue weighted by molar-refractivity contribution is 0.0690. The number of hydrogen-bond acceptors (Lipinski definition) is 5. The summed E-state index contributed by atoms with van der Waals surface area (Å²) in [6.07, 6.45) is 7.85. The third kappa shape index (κ3) is 3.88. The van der Waals surface area contributed by atoms with Crippen LogP contribution in [-0.4, -0.2) is 38.5 Å². The molecule has 1 saturated carbocycles. The van der Waals surface area contributed by atoms with E-state index in [2.05, 4.69) is 20.3 Å². The van der Waals surface area contributed by atoms with E-state index in [4.69, 9.17) is 5.11 Å². The van der Waals surface area contributed by atoms with Gasteiger partial charge in [-0.3, -0.25) is 4.79 Å². The molecule has 1 aliphatic rings. The highest BCUT2D eigenvalue weighted by Crippen LogP contribution is 2.37. The Labute approximate surface area is 132 Å². The molecule has 0 bridgehead atoms. The van der Waals surface area contributed by atoms with Gasteiger partial charge in [-0.15, -0.1) is 0 Å². The summed E-state index contributed by atoms with van der Waals surface area (Å²) in [4.78, 5) is 35.2. The van der Waals surface area contributed by atoms with E-state index in [9.17, 15) is 9.59 Å². The Morgan fingerprint density at radius 1 is 1.22 bits per heavy atom.